The Morgan fingerprint density at radius 3 is 2.67 bits per heavy atom. The summed E-state index contributed by atoms with van der Waals surface area (Å²) in [7, 11) is 0. The summed E-state index contributed by atoms with van der Waals surface area (Å²) in [6.45, 7) is 4.49. The highest BCUT2D eigenvalue weighted by Crippen LogP contribution is 2.34. The molecule has 1 aliphatic rings. The summed E-state index contributed by atoms with van der Waals surface area (Å²) in [5.74, 6) is 0.591. The monoisotopic (exact) mass is 237 g/mol. The van der Waals surface area contributed by atoms with Crippen molar-refractivity contribution in [1.82, 2.24) is 0 Å². The summed E-state index contributed by atoms with van der Waals surface area (Å²) in [4.78, 5) is 0. The minimum Gasteiger partial charge on any atom is -0.378 e. The molecule has 0 saturated heterocycles. The van der Waals surface area contributed by atoms with Gasteiger partial charge in [0.1, 0.15) is 0 Å². The Balaban J connectivity index is 1.88. The van der Waals surface area contributed by atoms with Crippen molar-refractivity contribution in [3.8, 4) is 0 Å². The second-order valence-electron chi connectivity index (χ2n) is 5.38. The second kappa shape index (κ2) is 4.49. The predicted octanol–water partition coefficient (Wildman–Crippen LogP) is 4.52. The van der Waals surface area contributed by atoms with E-state index in [1.165, 1.54) is 22.4 Å². The van der Waals surface area contributed by atoms with E-state index in [-0.39, 0.29) is 0 Å². The summed E-state index contributed by atoms with van der Waals surface area (Å²) in [6.07, 6.45) is 1.09. The van der Waals surface area contributed by atoms with Gasteiger partial charge in [0, 0.05) is 5.69 Å². The van der Waals surface area contributed by atoms with E-state index in [0.717, 1.165) is 6.42 Å². The van der Waals surface area contributed by atoms with Crippen molar-refractivity contribution in [2.75, 3.05) is 5.32 Å². The van der Waals surface area contributed by atoms with Crippen molar-refractivity contribution in [3.63, 3.8) is 0 Å². The van der Waals surface area contributed by atoms with Gasteiger partial charge in [-0.15, -0.1) is 0 Å². The molecule has 1 heterocycles. The van der Waals surface area contributed by atoms with Crippen LogP contribution in [0.1, 0.15) is 42.5 Å². The van der Waals surface area contributed by atoms with Gasteiger partial charge in [0.25, 0.3) is 0 Å². The highest BCUT2D eigenvalue weighted by atomic mass is 14.9. The first-order valence-corrected chi connectivity index (χ1v) is 6.68. The average molecular weight is 237 g/mol. The zero-order valence-electron chi connectivity index (χ0n) is 11.0. The van der Waals surface area contributed by atoms with Gasteiger partial charge in [-0.1, -0.05) is 56.3 Å². The first kappa shape index (κ1) is 11.3. The van der Waals surface area contributed by atoms with E-state index in [9.17, 15) is 0 Å². The fourth-order valence-corrected chi connectivity index (χ4v) is 2.63. The maximum atomic E-state index is 3.62. The number of hydrogen-bond donors (Lipinski definition) is 1. The van der Waals surface area contributed by atoms with Crippen molar-refractivity contribution < 1.29 is 0 Å². The smallest absolute Gasteiger partial charge is 0.0555 e. The number of anilines is 1. The molecular formula is C17H19N. The van der Waals surface area contributed by atoms with Crippen LogP contribution < -0.4 is 5.32 Å². The van der Waals surface area contributed by atoms with Crippen molar-refractivity contribution in [2.24, 2.45) is 0 Å². The van der Waals surface area contributed by atoms with E-state index in [4.69, 9.17) is 0 Å². The van der Waals surface area contributed by atoms with Crippen molar-refractivity contribution >= 4 is 5.69 Å². The van der Waals surface area contributed by atoms with Crippen LogP contribution in [0.15, 0.2) is 48.5 Å². The van der Waals surface area contributed by atoms with Crippen molar-refractivity contribution in [3.05, 3.63) is 65.2 Å². The number of nitrogens with one attached hydrogen (secondary N) is 1. The summed E-state index contributed by atoms with van der Waals surface area (Å²) < 4.78 is 0. The van der Waals surface area contributed by atoms with Crippen LogP contribution in [-0.4, -0.2) is 0 Å². The van der Waals surface area contributed by atoms with Gasteiger partial charge in [0.15, 0.2) is 0 Å². The van der Waals surface area contributed by atoms with Crippen LogP contribution in [0, 0.1) is 0 Å². The lowest BCUT2D eigenvalue weighted by atomic mass is 9.96. The van der Waals surface area contributed by atoms with Gasteiger partial charge < -0.3 is 5.32 Å². The number of fused-ring (bicyclic) bond motifs is 1. The SMILES string of the molecule is CC(C)c1cccc(C2Cc3ccccc3N2)c1. The zero-order chi connectivity index (χ0) is 12.5. The molecule has 92 valence electrons. The normalized spacial score (nSPS) is 17.6. The van der Waals surface area contributed by atoms with E-state index in [1.807, 2.05) is 0 Å². The number of rotatable bonds is 2. The van der Waals surface area contributed by atoms with E-state index in [0.29, 0.717) is 12.0 Å². The third-order valence-corrected chi connectivity index (χ3v) is 3.75. The number of para-hydroxylation sites is 1. The average Bonchev–Trinajstić information content (AvgIpc) is 2.82. The Kier molecular flexibility index (Phi) is 2.83. The third kappa shape index (κ3) is 2.01. The molecule has 0 spiro atoms. The molecule has 0 aromatic heterocycles. The predicted molar refractivity (Wildman–Crippen MR) is 77.0 cm³/mol. The summed E-state index contributed by atoms with van der Waals surface area (Å²) in [6, 6.07) is 18.0. The molecule has 3 rings (SSSR count). The maximum absolute atomic E-state index is 3.62. The van der Waals surface area contributed by atoms with Crippen molar-refractivity contribution in [1.29, 1.82) is 0 Å². The molecule has 1 atom stereocenters. The standard InChI is InChI=1S/C17H19N/c1-12(2)13-7-5-8-14(10-13)17-11-15-6-3-4-9-16(15)18-17/h3-10,12,17-18H,11H2,1-2H3. The van der Waals surface area contributed by atoms with Crippen LogP contribution in [-0.2, 0) is 6.42 Å². The molecule has 1 N–H and O–H groups in total. The van der Waals surface area contributed by atoms with Gasteiger partial charge in [0.2, 0.25) is 0 Å². The van der Waals surface area contributed by atoms with Crippen molar-refractivity contribution in [2.45, 2.75) is 32.2 Å². The minimum absolute atomic E-state index is 0.432. The molecule has 2 aromatic rings. The molecule has 0 saturated carbocycles. The van der Waals surface area contributed by atoms with Crippen LogP contribution in [0.3, 0.4) is 0 Å². The number of hydrogen-bond acceptors (Lipinski definition) is 1. The molecule has 18 heavy (non-hydrogen) atoms. The molecular weight excluding hydrogens is 218 g/mol. The Labute approximate surface area is 109 Å². The van der Waals surface area contributed by atoms with Gasteiger partial charge in [0.05, 0.1) is 6.04 Å². The van der Waals surface area contributed by atoms with Gasteiger partial charge in [-0.3, -0.25) is 0 Å². The molecule has 1 heteroatoms. The summed E-state index contributed by atoms with van der Waals surface area (Å²) >= 11 is 0. The molecule has 0 fully saturated rings. The second-order valence-corrected chi connectivity index (χ2v) is 5.38. The zero-order valence-corrected chi connectivity index (χ0v) is 11.0. The summed E-state index contributed by atoms with van der Waals surface area (Å²) in [5, 5.41) is 3.62. The van der Waals surface area contributed by atoms with Crippen LogP contribution in [0.5, 0.6) is 0 Å². The van der Waals surface area contributed by atoms with Crippen LogP contribution in [0.4, 0.5) is 5.69 Å². The molecule has 0 radical (unpaired) electrons. The van der Waals surface area contributed by atoms with Gasteiger partial charge in [-0.2, -0.15) is 0 Å². The molecule has 0 aliphatic carbocycles. The quantitative estimate of drug-likeness (QED) is 0.809. The Morgan fingerprint density at radius 2 is 1.89 bits per heavy atom. The van der Waals surface area contributed by atoms with Crippen LogP contribution in [0.2, 0.25) is 0 Å². The lowest BCUT2D eigenvalue weighted by molar-refractivity contribution is 0.809. The molecule has 0 bridgehead atoms. The fraction of sp³-hybridized carbons (Fsp3) is 0.294. The molecule has 1 unspecified atom stereocenters. The van der Waals surface area contributed by atoms with Gasteiger partial charge in [-0.25, -0.2) is 0 Å². The van der Waals surface area contributed by atoms with Gasteiger partial charge >= 0.3 is 0 Å². The highest BCUT2D eigenvalue weighted by molar-refractivity contribution is 5.58. The first-order valence-electron chi connectivity index (χ1n) is 6.68. The van der Waals surface area contributed by atoms with E-state index >= 15 is 0 Å². The molecule has 1 nitrogen and oxygen atoms in total. The maximum Gasteiger partial charge on any atom is 0.0555 e. The Hall–Kier alpha value is -1.76. The van der Waals surface area contributed by atoms with E-state index < -0.39 is 0 Å². The third-order valence-electron chi connectivity index (χ3n) is 3.75. The number of benzene rings is 2. The topological polar surface area (TPSA) is 12.0 Å². The fourth-order valence-electron chi connectivity index (χ4n) is 2.63. The van der Waals surface area contributed by atoms with E-state index in [1.54, 1.807) is 0 Å². The largest absolute Gasteiger partial charge is 0.378 e. The highest BCUT2D eigenvalue weighted by Gasteiger charge is 2.21. The Morgan fingerprint density at radius 1 is 1.06 bits per heavy atom. The molecule has 2 aromatic carbocycles. The first-order chi connectivity index (χ1) is 8.74. The lowest BCUT2D eigenvalue weighted by Gasteiger charge is -2.14. The molecule has 1 aliphatic heterocycles. The molecule has 0 amide bonds. The lowest BCUT2D eigenvalue weighted by Crippen LogP contribution is -2.06. The van der Waals surface area contributed by atoms with Crippen LogP contribution in [0.25, 0.3) is 0 Å². The van der Waals surface area contributed by atoms with Gasteiger partial charge in [-0.05, 0) is 35.1 Å². The minimum atomic E-state index is 0.432. The Bertz CT molecular complexity index is 532. The van der Waals surface area contributed by atoms with Crippen LogP contribution >= 0.6 is 0 Å². The van der Waals surface area contributed by atoms with E-state index in [2.05, 4.69) is 67.7 Å². The summed E-state index contributed by atoms with van der Waals surface area (Å²) in [5.41, 5.74) is 5.54.